The summed E-state index contributed by atoms with van der Waals surface area (Å²) in [5, 5.41) is 15.1. The summed E-state index contributed by atoms with van der Waals surface area (Å²) in [6.07, 6.45) is 0.796. The van der Waals surface area contributed by atoms with Crippen molar-refractivity contribution in [2.45, 2.75) is 26.7 Å². The van der Waals surface area contributed by atoms with Gasteiger partial charge in [0, 0.05) is 17.4 Å². The molecule has 0 aliphatic rings. The van der Waals surface area contributed by atoms with Gasteiger partial charge in [-0.1, -0.05) is 30.3 Å². The van der Waals surface area contributed by atoms with Crippen LogP contribution in [0.2, 0.25) is 0 Å². The van der Waals surface area contributed by atoms with Crippen LogP contribution in [0.15, 0.2) is 47.8 Å². The number of para-hydroxylation sites is 1. The fourth-order valence-corrected chi connectivity index (χ4v) is 3.25. The standard InChI is InChI=1S/C20H20N2O2S/c1-13-7-8-16(11-14(13)2)17-12-25-20(21-17)22-19(24)10-9-15-5-3-4-6-18(15)23/h3-8,11-12,23H,9-10H2,1-2H3,(H,21,22,24). The molecule has 0 spiro atoms. The molecule has 4 nitrogen and oxygen atoms in total. The predicted molar refractivity (Wildman–Crippen MR) is 102 cm³/mol. The van der Waals surface area contributed by atoms with E-state index in [-0.39, 0.29) is 11.7 Å². The highest BCUT2D eigenvalue weighted by Crippen LogP contribution is 2.26. The summed E-state index contributed by atoms with van der Waals surface area (Å²) in [5.41, 5.74) is 5.15. The largest absolute Gasteiger partial charge is 0.508 e. The van der Waals surface area contributed by atoms with Crippen molar-refractivity contribution >= 4 is 22.4 Å². The predicted octanol–water partition coefficient (Wildman–Crippen LogP) is 4.70. The molecule has 0 unspecified atom stereocenters. The average Bonchev–Trinajstić information content (AvgIpc) is 3.05. The van der Waals surface area contributed by atoms with Gasteiger partial charge in [0.1, 0.15) is 5.75 Å². The third-order valence-electron chi connectivity index (χ3n) is 4.17. The summed E-state index contributed by atoms with van der Waals surface area (Å²) >= 11 is 1.42. The summed E-state index contributed by atoms with van der Waals surface area (Å²) in [6.45, 7) is 4.16. The molecule has 128 valence electrons. The highest BCUT2D eigenvalue weighted by Gasteiger charge is 2.10. The molecule has 0 bridgehead atoms. The van der Waals surface area contributed by atoms with Crippen molar-refractivity contribution in [2.75, 3.05) is 5.32 Å². The molecule has 5 heteroatoms. The molecule has 0 aliphatic heterocycles. The number of rotatable bonds is 5. The zero-order valence-electron chi connectivity index (χ0n) is 14.2. The number of aryl methyl sites for hydroxylation is 3. The molecule has 1 amide bonds. The number of thiazole rings is 1. The first-order chi connectivity index (χ1) is 12.0. The van der Waals surface area contributed by atoms with Crippen LogP contribution < -0.4 is 5.32 Å². The number of aromatic hydroxyl groups is 1. The molecule has 0 fully saturated rings. The van der Waals surface area contributed by atoms with E-state index < -0.39 is 0 Å². The Morgan fingerprint density at radius 3 is 2.72 bits per heavy atom. The second kappa shape index (κ2) is 7.49. The second-order valence-electron chi connectivity index (χ2n) is 6.01. The number of phenolic OH excluding ortho intramolecular Hbond substituents is 1. The number of nitrogens with zero attached hydrogens (tertiary/aromatic N) is 1. The molecule has 2 N–H and O–H groups in total. The Morgan fingerprint density at radius 1 is 1.16 bits per heavy atom. The van der Waals surface area contributed by atoms with Crippen LogP contribution in [-0.2, 0) is 11.2 Å². The number of hydrogen-bond donors (Lipinski definition) is 2. The average molecular weight is 352 g/mol. The number of amides is 1. The van der Waals surface area contributed by atoms with Gasteiger partial charge in [-0.15, -0.1) is 11.3 Å². The van der Waals surface area contributed by atoms with Gasteiger partial charge in [0.2, 0.25) is 5.91 Å². The zero-order valence-corrected chi connectivity index (χ0v) is 15.1. The fraction of sp³-hybridized carbons (Fsp3) is 0.200. The van der Waals surface area contributed by atoms with E-state index in [1.807, 2.05) is 23.6 Å². The number of hydrogen-bond acceptors (Lipinski definition) is 4. The highest BCUT2D eigenvalue weighted by molar-refractivity contribution is 7.14. The lowest BCUT2D eigenvalue weighted by atomic mass is 10.1. The van der Waals surface area contributed by atoms with Crippen LogP contribution in [-0.4, -0.2) is 16.0 Å². The molecule has 1 aromatic heterocycles. The minimum Gasteiger partial charge on any atom is -0.508 e. The summed E-state index contributed by atoms with van der Waals surface area (Å²) in [6, 6.07) is 13.3. The van der Waals surface area contributed by atoms with Crippen molar-refractivity contribution < 1.29 is 9.90 Å². The number of carbonyl (C=O) groups excluding carboxylic acids is 1. The molecule has 0 aliphatic carbocycles. The Bertz CT molecular complexity index is 902. The van der Waals surface area contributed by atoms with Crippen LogP contribution in [0, 0.1) is 13.8 Å². The van der Waals surface area contributed by atoms with Gasteiger partial charge < -0.3 is 10.4 Å². The summed E-state index contributed by atoms with van der Waals surface area (Å²) in [4.78, 5) is 16.6. The minimum absolute atomic E-state index is 0.107. The van der Waals surface area contributed by atoms with E-state index in [0.717, 1.165) is 16.8 Å². The molecule has 3 rings (SSSR count). The van der Waals surface area contributed by atoms with E-state index in [0.29, 0.717) is 18.0 Å². The van der Waals surface area contributed by atoms with Crippen molar-refractivity contribution in [3.63, 3.8) is 0 Å². The molecule has 0 saturated carbocycles. The van der Waals surface area contributed by atoms with E-state index in [9.17, 15) is 9.90 Å². The van der Waals surface area contributed by atoms with E-state index in [1.165, 1.54) is 22.5 Å². The van der Waals surface area contributed by atoms with Gasteiger partial charge in [0.05, 0.1) is 5.69 Å². The fourth-order valence-electron chi connectivity index (χ4n) is 2.52. The van der Waals surface area contributed by atoms with Crippen LogP contribution in [0.25, 0.3) is 11.3 Å². The van der Waals surface area contributed by atoms with Gasteiger partial charge in [0.15, 0.2) is 5.13 Å². The van der Waals surface area contributed by atoms with Crippen LogP contribution >= 0.6 is 11.3 Å². The number of nitrogens with one attached hydrogen (secondary N) is 1. The Balaban J connectivity index is 1.62. The smallest absolute Gasteiger partial charge is 0.226 e. The normalized spacial score (nSPS) is 10.6. The second-order valence-corrected chi connectivity index (χ2v) is 6.87. The Kier molecular flexibility index (Phi) is 5.14. The molecule has 0 atom stereocenters. The zero-order chi connectivity index (χ0) is 17.8. The Labute approximate surface area is 151 Å². The van der Waals surface area contributed by atoms with E-state index in [4.69, 9.17) is 0 Å². The summed E-state index contributed by atoms with van der Waals surface area (Å²) in [7, 11) is 0. The number of benzene rings is 2. The lowest BCUT2D eigenvalue weighted by molar-refractivity contribution is -0.116. The number of anilines is 1. The molecule has 3 aromatic rings. The summed E-state index contributed by atoms with van der Waals surface area (Å²) in [5.74, 6) is 0.116. The van der Waals surface area contributed by atoms with E-state index >= 15 is 0 Å². The maximum atomic E-state index is 12.1. The van der Waals surface area contributed by atoms with Crippen LogP contribution in [0.3, 0.4) is 0 Å². The molecular formula is C20H20N2O2S. The van der Waals surface area contributed by atoms with Crippen molar-refractivity contribution in [2.24, 2.45) is 0 Å². The third-order valence-corrected chi connectivity index (χ3v) is 4.92. The maximum absolute atomic E-state index is 12.1. The van der Waals surface area contributed by atoms with Gasteiger partial charge in [-0.2, -0.15) is 0 Å². The molecule has 1 heterocycles. The first kappa shape index (κ1) is 17.2. The summed E-state index contributed by atoms with van der Waals surface area (Å²) < 4.78 is 0. The number of aromatic nitrogens is 1. The van der Waals surface area contributed by atoms with Crippen molar-refractivity contribution in [3.8, 4) is 17.0 Å². The van der Waals surface area contributed by atoms with Crippen LogP contribution in [0.5, 0.6) is 5.75 Å². The van der Waals surface area contributed by atoms with Crippen LogP contribution in [0.4, 0.5) is 5.13 Å². The van der Waals surface area contributed by atoms with Gasteiger partial charge in [-0.3, -0.25) is 4.79 Å². The monoisotopic (exact) mass is 352 g/mol. The Hall–Kier alpha value is -2.66. The molecule has 0 saturated heterocycles. The number of phenols is 1. The van der Waals surface area contributed by atoms with Crippen molar-refractivity contribution in [3.05, 3.63) is 64.5 Å². The molecule has 25 heavy (non-hydrogen) atoms. The van der Waals surface area contributed by atoms with E-state index in [1.54, 1.807) is 12.1 Å². The van der Waals surface area contributed by atoms with Gasteiger partial charge in [-0.05, 0) is 49.1 Å². The van der Waals surface area contributed by atoms with Gasteiger partial charge in [0.25, 0.3) is 0 Å². The van der Waals surface area contributed by atoms with Crippen molar-refractivity contribution in [1.29, 1.82) is 0 Å². The van der Waals surface area contributed by atoms with Gasteiger partial charge in [-0.25, -0.2) is 4.98 Å². The maximum Gasteiger partial charge on any atom is 0.226 e. The highest BCUT2D eigenvalue weighted by atomic mass is 32.1. The lowest BCUT2D eigenvalue weighted by Crippen LogP contribution is -2.12. The molecule has 2 aromatic carbocycles. The lowest BCUT2D eigenvalue weighted by Gasteiger charge is -2.04. The molecule has 0 radical (unpaired) electrons. The SMILES string of the molecule is Cc1ccc(-c2csc(NC(=O)CCc3ccccc3O)n2)cc1C. The number of carbonyl (C=O) groups is 1. The Morgan fingerprint density at radius 2 is 1.96 bits per heavy atom. The third kappa shape index (κ3) is 4.25. The van der Waals surface area contributed by atoms with Gasteiger partial charge >= 0.3 is 0 Å². The minimum atomic E-state index is -0.107. The first-order valence-electron chi connectivity index (χ1n) is 8.13. The topological polar surface area (TPSA) is 62.2 Å². The molecular weight excluding hydrogens is 332 g/mol. The van der Waals surface area contributed by atoms with Crippen LogP contribution in [0.1, 0.15) is 23.1 Å². The quantitative estimate of drug-likeness (QED) is 0.699. The van der Waals surface area contributed by atoms with E-state index in [2.05, 4.69) is 36.3 Å². The van der Waals surface area contributed by atoms with Crippen molar-refractivity contribution in [1.82, 2.24) is 4.98 Å². The first-order valence-corrected chi connectivity index (χ1v) is 9.01.